The highest BCUT2D eigenvalue weighted by molar-refractivity contribution is 7.89. The minimum Gasteiger partial charge on any atom is -0.497 e. The van der Waals surface area contributed by atoms with Crippen LogP contribution in [0.2, 0.25) is 0 Å². The molecule has 2 aromatic rings. The van der Waals surface area contributed by atoms with Gasteiger partial charge in [0.2, 0.25) is 21.8 Å². The second-order valence-electron chi connectivity index (χ2n) is 6.07. The fourth-order valence-electron chi connectivity index (χ4n) is 2.40. The molecule has 0 aliphatic carbocycles. The molecule has 9 nitrogen and oxygen atoms in total. The van der Waals surface area contributed by atoms with Gasteiger partial charge in [-0.1, -0.05) is 12.1 Å². The number of hydrogen-bond donors (Lipinski definition) is 3. The molecule has 0 aliphatic heterocycles. The minimum absolute atomic E-state index is 0.0121. The van der Waals surface area contributed by atoms with E-state index < -0.39 is 15.9 Å². The summed E-state index contributed by atoms with van der Waals surface area (Å²) in [6.07, 6.45) is 0. The number of nitrogens with one attached hydrogen (secondary N) is 2. The fraction of sp³-hybridized carbons (Fsp3) is 0.222. The molecule has 0 spiro atoms. The van der Waals surface area contributed by atoms with Gasteiger partial charge in [0.05, 0.1) is 25.1 Å². The average molecular weight is 406 g/mol. The van der Waals surface area contributed by atoms with Gasteiger partial charge in [-0.15, -0.1) is 0 Å². The van der Waals surface area contributed by atoms with Gasteiger partial charge in [0.25, 0.3) is 0 Å². The van der Waals surface area contributed by atoms with E-state index >= 15 is 0 Å². The summed E-state index contributed by atoms with van der Waals surface area (Å²) in [5.41, 5.74) is 0.882. The number of sulfonamides is 1. The van der Waals surface area contributed by atoms with E-state index in [1.165, 1.54) is 30.2 Å². The van der Waals surface area contributed by atoms with Crippen LogP contribution in [-0.2, 0) is 19.6 Å². The molecule has 0 bridgehead atoms. The highest BCUT2D eigenvalue weighted by Gasteiger charge is 2.13. The Bertz CT molecular complexity index is 962. The molecular formula is C18H22N4O5S. The van der Waals surface area contributed by atoms with Crippen molar-refractivity contribution in [1.82, 2.24) is 4.90 Å². The predicted octanol–water partition coefficient (Wildman–Crippen LogP) is 0.852. The molecule has 0 atom stereocenters. The lowest BCUT2D eigenvalue weighted by molar-refractivity contribution is -0.119. The Kier molecular flexibility index (Phi) is 7.10. The van der Waals surface area contributed by atoms with Crippen molar-refractivity contribution in [1.29, 1.82) is 0 Å². The Morgan fingerprint density at radius 3 is 2.07 bits per heavy atom. The van der Waals surface area contributed by atoms with E-state index in [0.717, 1.165) is 0 Å². The van der Waals surface area contributed by atoms with Crippen molar-refractivity contribution in [2.24, 2.45) is 5.14 Å². The summed E-state index contributed by atoms with van der Waals surface area (Å²) >= 11 is 0. The van der Waals surface area contributed by atoms with E-state index in [-0.39, 0.29) is 23.9 Å². The number of nitrogens with two attached hydrogens (primary N) is 1. The monoisotopic (exact) mass is 406 g/mol. The number of primary sulfonamides is 1. The maximum Gasteiger partial charge on any atom is 0.238 e. The molecule has 10 heteroatoms. The molecule has 0 saturated carbocycles. The van der Waals surface area contributed by atoms with Crippen LogP contribution in [0.4, 0.5) is 11.4 Å². The summed E-state index contributed by atoms with van der Waals surface area (Å²) in [7, 11) is -0.708. The van der Waals surface area contributed by atoms with Gasteiger partial charge in [0.15, 0.2) is 0 Å². The quantitative estimate of drug-likeness (QED) is 0.596. The number of likely N-dealkylation sites (N-methyl/N-ethyl adjacent to an activating group) is 1. The zero-order valence-electron chi connectivity index (χ0n) is 15.5. The van der Waals surface area contributed by atoms with E-state index in [2.05, 4.69) is 10.6 Å². The zero-order valence-corrected chi connectivity index (χ0v) is 16.3. The summed E-state index contributed by atoms with van der Waals surface area (Å²) in [4.78, 5) is 25.7. The van der Waals surface area contributed by atoms with Gasteiger partial charge < -0.3 is 15.4 Å². The molecule has 2 rings (SSSR count). The van der Waals surface area contributed by atoms with Crippen LogP contribution in [0.25, 0.3) is 0 Å². The lowest BCUT2D eigenvalue weighted by Gasteiger charge is -2.16. The van der Waals surface area contributed by atoms with Gasteiger partial charge in [0.1, 0.15) is 5.75 Å². The van der Waals surface area contributed by atoms with E-state index in [0.29, 0.717) is 17.1 Å². The van der Waals surface area contributed by atoms with Crippen LogP contribution in [0.1, 0.15) is 0 Å². The Balaban J connectivity index is 1.87. The third-order valence-corrected chi connectivity index (χ3v) is 4.54. The first-order valence-electron chi connectivity index (χ1n) is 8.22. The first kappa shape index (κ1) is 21.4. The van der Waals surface area contributed by atoms with Gasteiger partial charge in [-0.2, -0.15) is 0 Å². The number of amides is 2. The molecule has 0 aliphatic rings. The number of carbonyl (C=O) groups is 2. The summed E-state index contributed by atoms with van der Waals surface area (Å²) in [6, 6.07) is 12.5. The molecule has 4 N–H and O–H groups in total. The number of rotatable bonds is 8. The second kappa shape index (κ2) is 9.31. The molecule has 0 saturated heterocycles. The van der Waals surface area contributed by atoms with E-state index in [1.807, 2.05) is 0 Å². The SMILES string of the molecule is COc1cccc(NC(=O)CN(C)CC(=O)Nc2cccc(S(N)(=O)=O)c2)c1. The van der Waals surface area contributed by atoms with Gasteiger partial charge in [-0.05, 0) is 37.4 Å². The first-order valence-corrected chi connectivity index (χ1v) is 9.77. The number of hydrogen-bond acceptors (Lipinski definition) is 6. The summed E-state index contributed by atoms with van der Waals surface area (Å²) in [5.74, 6) is -0.0738. The lowest BCUT2D eigenvalue weighted by atomic mass is 10.3. The number of anilines is 2. The largest absolute Gasteiger partial charge is 0.497 e. The predicted molar refractivity (Wildman–Crippen MR) is 106 cm³/mol. The maximum absolute atomic E-state index is 12.1. The molecule has 28 heavy (non-hydrogen) atoms. The molecule has 0 aromatic heterocycles. The fourth-order valence-corrected chi connectivity index (χ4v) is 2.96. The molecule has 150 valence electrons. The van der Waals surface area contributed by atoms with Crippen molar-refractivity contribution < 1.29 is 22.7 Å². The third-order valence-electron chi connectivity index (χ3n) is 3.63. The Hall–Kier alpha value is -2.95. The van der Waals surface area contributed by atoms with Crippen molar-refractivity contribution in [3.8, 4) is 5.75 Å². The van der Waals surface area contributed by atoms with Gasteiger partial charge in [-0.25, -0.2) is 13.6 Å². The molecule has 2 amide bonds. The number of nitrogens with zero attached hydrogens (tertiary/aromatic N) is 1. The van der Waals surface area contributed by atoms with Crippen molar-refractivity contribution in [3.63, 3.8) is 0 Å². The molecule has 0 heterocycles. The first-order chi connectivity index (χ1) is 13.2. The van der Waals surface area contributed by atoms with E-state index in [9.17, 15) is 18.0 Å². The molecule has 2 aromatic carbocycles. The van der Waals surface area contributed by atoms with Crippen LogP contribution in [0.3, 0.4) is 0 Å². The van der Waals surface area contributed by atoms with Gasteiger partial charge in [0, 0.05) is 17.4 Å². The van der Waals surface area contributed by atoms with Crippen molar-refractivity contribution >= 4 is 33.2 Å². The minimum atomic E-state index is -3.86. The molecule has 0 radical (unpaired) electrons. The molecule has 0 fully saturated rings. The van der Waals surface area contributed by atoms with Crippen LogP contribution in [0.15, 0.2) is 53.4 Å². The summed E-state index contributed by atoms with van der Waals surface area (Å²) < 4.78 is 27.8. The Morgan fingerprint density at radius 1 is 1.00 bits per heavy atom. The smallest absolute Gasteiger partial charge is 0.238 e. The van der Waals surface area contributed by atoms with Crippen molar-refractivity contribution in [2.75, 3.05) is 37.9 Å². The van der Waals surface area contributed by atoms with Crippen molar-refractivity contribution in [3.05, 3.63) is 48.5 Å². The van der Waals surface area contributed by atoms with Crippen LogP contribution < -0.4 is 20.5 Å². The number of carbonyl (C=O) groups excluding carboxylic acids is 2. The standard InChI is InChI=1S/C18H22N4O5S/c1-22(11-17(23)20-13-5-3-7-15(9-13)27-2)12-18(24)21-14-6-4-8-16(10-14)28(19,25)26/h3-10H,11-12H2,1-2H3,(H,20,23)(H,21,24)(H2,19,25,26). The molecular weight excluding hydrogens is 384 g/mol. The van der Waals surface area contributed by atoms with E-state index in [1.54, 1.807) is 37.4 Å². The summed E-state index contributed by atoms with van der Waals surface area (Å²) in [6.45, 7) is -0.0764. The van der Waals surface area contributed by atoms with Crippen LogP contribution in [0, 0.1) is 0 Å². The highest BCUT2D eigenvalue weighted by atomic mass is 32.2. The third kappa shape index (κ3) is 6.65. The topological polar surface area (TPSA) is 131 Å². The number of methoxy groups -OCH3 is 1. The number of ether oxygens (including phenoxy) is 1. The maximum atomic E-state index is 12.1. The Labute approximate surface area is 163 Å². The van der Waals surface area contributed by atoms with Crippen LogP contribution in [0.5, 0.6) is 5.75 Å². The number of benzene rings is 2. The normalized spacial score (nSPS) is 11.1. The van der Waals surface area contributed by atoms with Crippen molar-refractivity contribution in [2.45, 2.75) is 4.90 Å². The van der Waals surface area contributed by atoms with Gasteiger partial charge >= 0.3 is 0 Å². The summed E-state index contributed by atoms with van der Waals surface area (Å²) in [5, 5.41) is 10.4. The zero-order chi connectivity index (χ0) is 20.7. The highest BCUT2D eigenvalue weighted by Crippen LogP contribution is 2.16. The second-order valence-corrected chi connectivity index (χ2v) is 7.63. The van der Waals surface area contributed by atoms with E-state index in [4.69, 9.17) is 9.88 Å². The molecule has 0 unspecified atom stereocenters. The van der Waals surface area contributed by atoms with Gasteiger partial charge in [-0.3, -0.25) is 14.5 Å². The lowest BCUT2D eigenvalue weighted by Crippen LogP contribution is -2.36. The Morgan fingerprint density at radius 2 is 1.54 bits per heavy atom. The van der Waals surface area contributed by atoms with Crippen LogP contribution >= 0.6 is 0 Å². The van der Waals surface area contributed by atoms with Crippen LogP contribution in [-0.4, -0.2) is 52.4 Å². The average Bonchev–Trinajstić information content (AvgIpc) is 2.60.